The van der Waals surface area contributed by atoms with Crippen molar-refractivity contribution in [3.8, 4) is 17.2 Å². The Hall–Kier alpha value is -3.78. The minimum absolute atomic E-state index is 0.0320. The van der Waals surface area contributed by atoms with Crippen molar-refractivity contribution in [2.24, 2.45) is 0 Å². The number of ketones is 1. The molecule has 33 heavy (non-hydrogen) atoms. The van der Waals surface area contributed by atoms with Crippen LogP contribution in [0, 0.1) is 0 Å². The summed E-state index contributed by atoms with van der Waals surface area (Å²) < 4.78 is 16.0. The first-order chi connectivity index (χ1) is 16.0. The number of methoxy groups -OCH3 is 3. The van der Waals surface area contributed by atoms with Crippen LogP contribution >= 0.6 is 11.3 Å². The Balaban J connectivity index is 1.84. The molecule has 3 aromatic rings. The van der Waals surface area contributed by atoms with Gasteiger partial charge in [0.05, 0.1) is 39.5 Å². The fourth-order valence-corrected chi connectivity index (χ4v) is 4.79. The van der Waals surface area contributed by atoms with Gasteiger partial charge in [-0.05, 0) is 35.7 Å². The van der Waals surface area contributed by atoms with Crippen molar-refractivity contribution in [2.45, 2.75) is 12.6 Å². The molecule has 1 amide bonds. The van der Waals surface area contributed by atoms with Crippen molar-refractivity contribution in [3.63, 3.8) is 0 Å². The molecule has 8 heteroatoms. The monoisotopic (exact) mass is 465 g/mol. The largest absolute Gasteiger partial charge is 0.507 e. The van der Waals surface area contributed by atoms with E-state index >= 15 is 0 Å². The number of carbonyl (C=O) groups is 2. The molecule has 0 bridgehead atoms. The SMILES string of the molecule is COc1ccccc1CN1C(=O)C(=O)/C(=C(\O)c2ccc(OC)c(OC)c2)C1c1cccs1. The van der Waals surface area contributed by atoms with Gasteiger partial charge in [-0.1, -0.05) is 24.3 Å². The molecule has 1 unspecified atom stereocenters. The lowest BCUT2D eigenvalue weighted by atomic mass is 9.99. The Morgan fingerprint density at radius 3 is 2.33 bits per heavy atom. The molecule has 0 spiro atoms. The van der Waals surface area contributed by atoms with E-state index < -0.39 is 17.7 Å². The third-order valence-corrected chi connectivity index (χ3v) is 6.47. The highest BCUT2D eigenvalue weighted by atomic mass is 32.1. The summed E-state index contributed by atoms with van der Waals surface area (Å²) in [6, 6.07) is 15.1. The summed E-state index contributed by atoms with van der Waals surface area (Å²) in [5.41, 5.74) is 1.14. The van der Waals surface area contributed by atoms with Crippen molar-refractivity contribution in [1.82, 2.24) is 4.90 Å². The van der Waals surface area contributed by atoms with Crippen LogP contribution in [0.2, 0.25) is 0 Å². The van der Waals surface area contributed by atoms with Crippen molar-refractivity contribution in [2.75, 3.05) is 21.3 Å². The van der Waals surface area contributed by atoms with E-state index in [1.165, 1.54) is 30.5 Å². The summed E-state index contributed by atoms with van der Waals surface area (Å²) in [5.74, 6) is -0.186. The van der Waals surface area contributed by atoms with Gasteiger partial charge in [-0.15, -0.1) is 11.3 Å². The lowest BCUT2D eigenvalue weighted by molar-refractivity contribution is -0.140. The van der Waals surface area contributed by atoms with E-state index in [0.717, 1.165) is 10.4 Å². The van der Waals surface area contributed by atoms with Crippen molar-refractivity contribution < 1.29 is 28.9 Å². The summed E-state index contributed by atoms with van der Waals surface area (Å²) in [7, 11) is 4.55. The predicted octanol–water partition coefficient (Wildman–Crippen LogP) is 4.40. The number of para-hydroxylation sites is 1. The Morgan fingerprint density at radius 1 is 0.939 bits per heavy atom. The second-order valence-electron chi connectivity index (χ2n) is 7.32. The summed E-state index contributed by atoms with van der Waals surface area (Å²) in [4.78, 5) is 28.5. The standard InChI is InChI=1S/C25H23NO6S/c1-30-17-8-5-4-7-16(17)14-26-22(20-9-6-12-33-20)21(24(28)25(26)29)23(27)15-10-11-18(31-2)19(13-15)32-3/h4-13,22,27H,14H2,1-3H3/b23-21-. The van der Waals surface area contributed by atoms with Crippen molar-refractivity contribution >= 4 is 28.8 Å². The fraction of sp³-hybridized carbons (Fsp3) is 0.200. The van der Waals surface area contributed by atoms with Crippen LogP contribution in [0.4, 0.5) is 0 Å². The van der Waals surface area contributed by atoms with E-state index in [4.69, 9.17) is 14.2 Å². The second kappa shape index (κ2) is 9.38. The average molecular weight is 466 g/mol. The number of benzene rings is 2. The molecule has 0 saturated carbocycles. The zero-order valence-corrected chi connectivity index (χ0v) is 19.2. The molecule has 1 aromatic heterocycles. The molecule has 1 saturated heterocycles. The maximum absolute atomic E-state index is 13.2. The molecule has 1 aliphatic rings. The first-order valence-corrected chi connectivity index (χ1v) is 11.0. The predicted molar refractivity (Wildman–Crippen MR) is 125 cm³/mol. The van der Waals surface area contributed by atoms with Crippen LogP contribution in [0.1, 0.15) is 22.0 Å². The molecule has 2 heterocycles. The molecule has 1 N–H and O–H groups in total. The topological polar surface area (TPSA) is 85.3 Å². The molecule has 0 aliphatic carbocycles. The number of aliphatic hydroxyl groups is 1. The van der Waals surface area contributed by atoms with Crippen LogP contribution in [0.15, 0.2) is 65.6 Å². The highest BCUT2D eigenvalue weighted by Crippen LogP contribution is 2.43. The van der Waals surface area contributed by atoms with Gasteiger partial charge in [0.15, 0.2) is 11.5 Å². The number of hydrogen-bond donors (Lipinski definition) is 1. The third kappa shape index (κ3) is 4.05. The van der Waals surface area contributed by atoms with Gasteiger partial charge < -0.3 is 24.2 Å². The average Bonchev–Trinajstić information content (AvgIpc) is 3.46. The highest BCUT2D eigenvalue weighted by molar-refractivity contribution is 7.10. The highest BCUT2D eigenvalue weighted by Gasteiger charge is 2.46. The normalized spacial score (nSPS) is 17.3. The molecular formula is C25H23NO6S. The number of ether oxygens (including phenoxy) is 3. The minimum Gasteiger partial charge on any atom is -0.507 e. The quantitative estimate of drug-likeness (QED) is 0.316. The molecule has 0 radical (unpaired) electrons. The number of nitrogens with zero attached hydrogens (tertiary/aromatic N) is 1. The lowest BCUT2D eigenvalue weighted by Crippen LogP contribution is -2.29. The Bertz CT molecular complexity index is 1220. The van der Waals surface area contributed by atoms with Gasteiger partial charge in [-0.3, -0.25) is 9.59 Å². The van der Waals surface area contributed by atoms with E-state index in [-0.39, 0.29) is 17.9 Å². The van der Waals surface area contributed by atoms with Crippen molar-refractivity contribution in [1.29, 1.82) is 0 Å². The number of rotatable bonds is 7. The van der Waals surface area contributed by atoms with Gasteiger partial charge in [0.25, 0.3) is 11.7 Å². The molecule has 1 aliphatic heterocycles. The molecule has 2 aromatic carbocycles. The Labute approximate surface area is 195 Å². The zero-order valence-electron chi connectivity index (χ0n) is 18.4. The minimum atomic E-state index is -0.740. The summed E-state index contributed by atoms with van der Waals surface area (Å²) >= 11 is 1.41. The summed E-state index contributed by atoms with van der Waals surface area (Å²) in [6.45, 7) is 0.153. The maximum Gasteiger partial charge on any atom is 0.295 e. The number of likely N-dealkylation sites (tertiary alicyclic amines) is 1. The van der Waals surface area contributed by atoms with E-state index in [1.807, 2.05) is 35.7 Å². The first-order valence-electron chi connectivity index (χ1n) is 10.2. The first kappa shape index (κ1) is 22.4. The summed E-state index contributed by atoms with van der Waals surface area (Å²) in [6.07, 6.45) is 0. The van der Waals surface area contributed by atoms with Crippen molar-refractivity contribution in [3.05, 3.63) is 81.6 Å². The summed E-state index contributed by atoms with van der Waals surface area (Å²) in [5, 5.41) is 13.1. The van der Waals surface area contributed by atoms with E-state index in [9.17, 15) is 14.7 Å². The van der Waals surface area contributed by atoms with Crippen LogP contribution in [0.3, 0.4) is 0 Å². The molecule has 170 valence electrons. The van der Waals surface area contributed by atoms with E-state index in [1.54, 1.807) is 31.4 Å². The van der Waals surface area contributed by atoms with Crippen LogP contribution < -0.4 is 14.2 Å². The molecule has 1 atom stereocenters. The van der Waals surface area contributed by atoms with Crippen LogP contribution in [-0.2, 0) is 16.1 Å². The molecule has 1 fully saturated rings. The van der Waals surface area contributed by atoms with E-state index in [0.29, 0.717) is 22.8 Å². The van der Waals surface area contributed by atoms with Gasteiger partial charge in [-0.2, -0.15) is 0 Å². The second-order valence-corrected chi connectivity index (χ2v) is 8.30. The van der Waals surface area contributed by atoms with Crippen LogP contribution in [-0.4, -0.2) is 43.0 Å². The van der Waals surface area contributed by atoms with Gasteiger partial charge in [0.1, 0.15) is 11.5 Å². The molecular weight excluding hydrogens is 442 g/mol. The number of thiophene rings is 1. The number of amides is 1. The smallest absolute Gasteiger partial charge is 0.295 e. The van der Waals surface area contributed by atoms with Gasteiger partial charge in [-0.25, -0.2) is 0 Å². The Morgan fingerprint density at radius 2 is 1.67 bits per heavy atom. The maximum atomic E-state index is 13.2. The van der Waals surface area contributed by atoms with Gasteiger partial charge in [0.2, 0.25) is 0 Å². The third-order valence-electron chi connectivity index (χ3n) is 5.54. The van der Waals surface area contributed by atoms with Gasteiger partial charge in [0, 0.05) is 16.0 Å². The number of Topliss-reactive ketones (excluding diaryl/α,β-unsaturated/α-hetero) is 1. The number of aliphatic hydroxyl groups excluding tert-OH is 1. The van der Waals surface area contributed by atoms with Crippen LogP contribution in [0.5, 0.6) is 17.2 Å². The van der Waals surface area contributed by atoms with Gasteiger partial charge >= 0.3 is 0 Å². The fourth-order valence-electron chi connectivity index (χ4n) is 3.94. The van der Waals surface area contributed by atoms with E-state index in [2.05, 4.69) is 0 Å². The Kier molecular flexibility index (Phi) is 6.37. The number of hydrogen-bond acceptors (Lipinski definition) is 7. The zero-order chi connectivity index (χ0) is 23.5. The number of carbonyl (C=O) groups excluding carboxylic acids is 2. The lowest BCUT2D eigenvalue weighted by Gasteiger charge is -2.25. The molecule has 4 rings (SSSR count). The molecule has 7 nitrogen and oxygen atoms in total. The van der Waals surface area contributed by atoms with Crippen LogP contribution in [0.25, 0.3) is 5.76 Å².